The van der Waals surface area contributed by atoms with Crippen molar-refractivity contribution >= 4 is 39.1 Å². The van der Waals surface area contributed by atoms with E-state index < -0.39 is 11.3 Å². The summed E-state index contributed by atoms with van der Waals surface area (Å²) in [5.74, 6) is -0.798. The van der Waals surface area contributed by atoms with Gasteiger partial charge in [-0.2, -0.15) is 0 Å². The van der Waals surface area contributed by atoms with Gasteiger partial charge >= 0.3 is 0 Å². The first-order chi connectivity index (χ1) is 13.1. The average molecular weight is 382 g/mol. The van der Waals surface area contributed by atoms with Crippen LogP contribution in [0.2, 0.25) is 0 Å². The molecule has 0 bridgehead atoms. The summed E-state index contributed by atoms with van der Waals surface area (Å²) in [4.78, 5) is 38.9. The number of hydrogen-bond donors (Lipinski definition) is 2. The first-order valence-corrected chi connectivity index (χ1v) is 9.60. The van der Waals surface area contributed by atoms with Crippen molar-refractivity contribution in [3.8, 4) is 0 Å². The molecule has 0 atom stereocenters. The monoisotopic (exact) mass is 382 g/mol. The lowest BCUT2D eigenvalue weighted by Crippen LogP contribution is -2.24. The maximum absolute atomic E-state index is 12.8. The van der Waals surface area contributed by atoms with Gasteiger partial charge in [0, 0.05) is 11.9 Å². The molecule has 2 N–H and O–H groups in total. The SMILES string of the molecule is CNC(=O)c1c(NC(=O)c2coc3ccccc3c2=O)sc2c1CCCC2. The fourth-order valence-electron chi connectivity index (χ4n) is 3.42. The normalized spacial score (nSPS) is 13.2. The molecule has 1 aromatic carbocycles. The standard InChI is InChI=1S/C20H18N2O4S/c1-21-19(25)16-12-7-3-5-9-15(12)27-20(16)22-18(24)13-10-26-14-8-4-2-6-11(14)17(13)23/h2,4,6,8,10H,3,5,7,9H2,1H3,(H,21,25)(H,22,24). The smallest absolute Gasteiger partial charge is 0.263 e. The molecule has 6 nitrogen and oxygen atoms in total. The van der Waals surface area contributed by atoms with Crippen LogP contribution in [0, 0.1) is 0 Å². The van der Waals surface area contributed by atoms with Crippen LogP contribution in [0.1, 0.15) is 44.0 Å². The lowest BCUT2D eigenvalue weighted by molar-refractivity contribution is 0.0963. The number of thiophene rings is 1. The Kier molecular flexibility index (Phi) is 4.53. The summed E-state index contributed by atoms with van der Waals surface area (Å²) in [6.45, 7) is 0. The summed E-state index contributed by atoms with van der Waals surface area (Å²) in [5.41, 5.74) is 1.47. The van der Waals surface area contributed by atoms with E-state index in [-0.39, 0.29) is 11.5 Å². The fourth-order valence-corrected chi connectivity index (χ4v) is 4.71. The van der Waals surface area contributed by atoms with Gasteiger partial charge < -0.3 is 15.1 Å². The molecule has 4 rings (SSSR count). The van der Waals surface area contributed by atoms with Crippen molar-refractivity contribution in [2.45, 2.75) is 25.7 Å². The molecule has 7 heteroatoms. The summed E-state index contributed by atoms with van der Waals surface area (Å²) in [5, 5.41) is 6.24. The largest absolute Gasteiger partial charge is 0.463 e. The van der Waals surface area contributed by atoms with E-state index in [1.54, 1.807) is 31.3 Å². The van der Waals surface area contributed by atoms with Crippen LogP contribution in [0.15, 0.2) is 39.7 Å². The van der Waals surface area contributed by atoms with Gasteiger partial charge in [-0.05, 0) is 43.4 Å². The molecular weight excluding hydrogens is 364 g/mol. The van der Waals surface area contributed by atoms with E-state index in [0.717, 1.165) is 36.1 Å². The predicted octanol–water partition coefficient (Wildman–Crippen LogP) is 3.35. The number of carbonyl (C=O) groups excluding carboxylic acids is 2. The van der Waals surface area contributed by atoms with Crippen LogP contribution in [0.25, 0.3) is 11.0 Å². The number of aryl methyl sites for hydroxylation is 1. The van der Waals surface area contributed by atoms with Crippen LogP contribution in [0.3, 0.4) is 0 Å². The number of anilines is 1. The Hall–Kier alpha value is -2.93. The van der Waals surface area contributed by atoms with Crippen LogP contribution >= 0.6 is 11.3 Å². The number of rotatable bonds is 3. The van der Waals surface area contributed by atoms with Crippen molar-refractivity contribution in [3.05, 3.63) is 62.3 Å². The van der Waals surface area contributed by atoms with Gasteiger partial charge in [0.15, 0.2) is 0 Å². The van der Waals surface area contributed by atoms with Gasteiger partial charge in [0.25, 0.3) is 11.8 Å². The summed E-state index contributed by atoms with van der Waals surface area (Å²) in [6.07, 6.45) is 4.99. The van der Waals surface area contributed by atoms with Gasteiger partial charge in [0.05, 0.1) is 10.9 Å². The minimum atomic E-state index is -0.571. The molecule has 2 heterocycles. The summed E-state index contributed by atoms with van der Waals surface area (Å²) >= 11 is 1.41. The van der Waals surface area contributed by atoms with E-state index in [1.807, 2.05) is 0 Å². The van der Waals surface area contributed by atoms with Gasteiger partial charge in [0.1, 0.15) is 22.4 Å². The topological polar surface area (TPSA) is 88.4 Å². The Balaban J connectivity index is 1.73. The number of amides is 2. The molecule has 1 aliphatic carbocycles. The molecule has 1 aliphatic rings. The molecule has 138 valence electrons. The highest BCUT2D eigenvalue weighted by Gasteiger charge is 2.26. The molecule has 0 fully saturated rings. The molecule has 2 amide bonds. The van der Waals surface area contributed by atoms with Crippen molar-refractivity contribution in [2.24, 2.45) is 0 Å². The van der Waals surface area contributed by atoms with Crippen LogP contribution in [0.4, 0.5) is 5.00 Å². The number of nitrogens with one attached hydrogen (secondary N) is 2. The zero-order valence-corrected chi connectivity index (χ0v) is 15.6. The lowest BCUT2D eigenvalue weighted by Gasteiger charge is -2.12. The predicted molar refractivity (Wildman–Crippen MR) is 105 cm³/mol. The van der Waals surface area contributed by atoms with Crippen LogP contribution in [0.5, 0.6) is 0 Å². The zero-order chi connectivity index (χ0) is 19.0. The minimum Gasteiger partial charge on any atom is -0.463 e. The number of benzene rings is 1. The van der Waals surface area contributed by atoms with Gasteiger partial charge in [-0.25, -0.2) is 0 Å². The summed E-state index contributed by atoms with van der Waals surface area (Å²) < 4.78 is 5.43. The molecule has 0 aliphatic heterocycles. The van der Waals surface area contributed by atoms with Crippen molar-refractivity contribution in [1.29, 1.82) is 0 Å². The minimum absolute atomic E-state index is 0.0806. The summed E-state index contributed by atoms with van der Waals surface area (Å²) in [7, 11) is 1.57. The number of fused-ring (bicyclic) bond motifs is 2. The Bertz CT molecular complexity index is 1110. The second-order valence-corrected chi connectivity index (χ2v) is 7.53. The number of carbonyl (C=O) groups is 2. The van der Waals surface area contributed by atoms with Crippen LogP contribution < -0.4 is 16.1 Å². The van der Waals surface area contributed by atoms with Crippen molar-refractivity contribution < 1.29 is 14.0 Å². The van der Waals surface area contributed by atoms with Crippen molar-refractivity contribution in [1.82, 2.24) is 5.32 Å². The zero-order valence-electron chi connectivity index (χ0n) is 14.8. The highest BCUT2D eigenvalue weighted by atomic mass is 32.1. The van der Waals surface area contributed by atoms with Gasteiger partial charge in [-0.3, -0.25) is 14.4 Å². The molecule has 0 saturated heterocycles. The Morgan fingerprint density at radius 2 is 1.89 bits per heavy atom. The van der Waals surface area contributed by atoms with E-state index in [0.29, 0.717) is 21.5 Å². The first-order valence-electron chi connectivity index (χ1n) is 8.78. The molecule has 2 aromatic heterocycles. The number of para-hydroxylation sites is 1. The van der Waals surface area contributed by atoms with E-state index in [2.05, 4.69) is 10.6 Å². The molecule has 0 spiro atoms. The Morgan fingerprint density at radius 3 is 2.70 bits per heavy atom. The van der Waals surface area contributed by atoms with Crippen molar-refractivity contribution in [3.63, 3.8) is 0 Å². The third-order valence-electron chi connectivity index (χ3n) is 4.78. The van der Waals surface area contributed by atoms with Crippen LogP contribution in [-0.2, 0) is 12.8 Å². The molecule has 3 aromatic rings. The molecule has 0 unspecified atom stereocenters. The summed E-state index contributed by atoms with van der Waals surface area (Å²) in [6, 6.07) is 6.78. The second kappa shape index (κ2) is 7.00. The first kappa shape index (κ1) is 17.5. The molecular formula is C20H18N2O4S. The maximum Gasteiger partial charge on any atom is 0.263 e. The van der Waals surface area contributed by atoms with Gasteiger partial charge in [-0.15, -0.1) is 11.3 Å². The van der Waals surface area contributed by atoms with Crippen LogP contribution in [-0.4, -0.2) is 18.9 Å². The van der Waals surface area contributed by atoms with E-state index >= 15 is 0 Å². The maximum atomic E-state index is 12.8. The van der Waals surface area contributed by atoms with E-state index in [4.69, 9.17) is 4.42 Å². The Labute approximate surface area is 159 Å². The van der Waals surface area contributed by atoms with E-state index in [9.17, 15) is 14.4 Å². The van der Waals surface area contributed by atoms with Gasteiger partial charge in [-0.1, -0.05) is 12.1 Å². The fraction of sp³-hybridized carbons (Fsp3) is 0.250. The lowest BCUT2D eigenvalue weighted by atomic mass is 9.95. The highest BCUT2D eigenvalue weighted by molar-refractivity contribution is 7.17. The number of hydrogen-bond acceptors (Lipinski definition) is 5. The molecule has 0 radical (unpaired) electrons. The molecule has 27 heavy (non-hydrogen) atoms. The highest BCUT2D eigenvalue weighted by Crippen LogP contribution is 2.38. The quantitative estimate of drug-likeness (QED) is 0.727. The third kappa shape index (κ3) is 3.04. The average Bonchev–Trinajstić information content (AvgIpc) is 3.05. The second-order valence-electron chi connectivity index (χ2n) is 6.42. The third-order valence-corrected chi connectivity index (χ3v) is 5.98. The Morgan fingerprint density at radius 1 is 1.11 bits per heavy atom. The molecule has 0 saturated carbocycles. The van der Waals surface area contributed by atoms with Gasteiger partial charge in [0.2, 0.25) is 5.43 Å². The van der Waals surface area contributed by atoms with Crippen molar-refractivity contribution in [2.75, 3.05) is 12.4 Å². The van der Waals surface area contributed by atoms with E-state index in [1.165, 1.54) is 17.6 Å².